The molecular formula is C14H9Cl2NO. The predicted molar refractivity (Wildman–Crippen MR) is 74.2 cm³/mol. The summed E-state index contributed by atoms with van der Waals surface area (Å²) >= 11 is 12.3. The molecule has 3 aromatic rings. The summed E-state index contributed by atoms with van der Waals surface area (Å²) in [6.07, 6.45) is 0. The number of benzene rings is 2. The Morgan fingerprint density at radius 2 is 1.78 bits per heavy atom. The molecule has 4 heteroatoms. The van der Waals surface area contributed by atoms with E-state index in [9.17, 15) is 0 Å². The first kappa shape index (κ1) is 11.6. The number of hydrogen-bond acceptors (Lipinski definition) is 2. The third-order valence-electron chi connectivity index (χ3n) is 2.72. The zero-order chi connectivity index (χ0) is 12.7. The molecule has 2 nitrogen and oxygen atoms in total. The molecule has 0 N–H and O–H groups in total. The third kappa shape index (κ3) is 1.88. The van der Waals surface area contributed by atoms with Gasteiger partial charge in [-0.25, -0.2) is 4.98 Å². The molecule has 0 radical (unpaired) electrons. The minimum atomic E-state index is 0.450. The van der Waals surface area contributed by atoms with Gasteiger partial charge in [0.2, 0.25) is 5.89 Å². The van der Waals surface area contributed by atoms with Crippen molar-refractivity contribution in [2.75, 3.05) is 0 Å². The van der Waals surface area contributed by atoms with E-state index in [-0.39, 0.29) is 0 Å². The summed E-state index contributed by atoms with van der Waals surface area (Å²) in [5.74, 6) is 0.450. The minimum absolute atomic E-state index is 0.450. The zero-order valence-electron chi connectivity index (χ0n) is 9.58. The van der Waals surface area contributed by atoms with Crippen LogP contribution in [0.25, 0.3) is 22.6 Å². The van der Waals surface area contributed by atoms with Gasteiger partial charge in [-0.15, -0.1) is 0 Å². The fourth-order valence-electron chi connectivity index (χ4n) is 1.85. The summed E-state index contributed by atoms with van der Waals surface area (Å²) in [5, 5.41) is 1.07. The van der Waals surface area contributed by atoms with Gasteiger partial charge in [-0.3, -0.25) is 0 Å². The van der Waals surface area contributed by atoms with Crippen molar-refractivity contribution in [2.24, 2.45) is 0 Å². The fraction of sp³-hybridized carbons (Fsp3) is 0.0714. The summed E-state index contributed by atoms with van der Waals surface area (Å²) in [4.78, 5) is 4.43. The van der Waals surface area contributed by atoms with E-state index in [0.717, 1.165) is 16.7 Å². The molecule has 1 aromatic heterocycles. The lowest BCUT2D eigenvalue weighted by atomic mass is 10.2. The highest BCUT2D eigenvalue weighted by atomic mass is 35.5. The van der Waals surface area contributed by atoms with Crippen molar-refractivity contribution in [1.82, 2.24) is 4.98 Å². The van der Waals surface area contributed by atoms with E-state index in [1.165, 1.54) is 0 Å². The lowest BCUT2D eigenvalue weighted by Crippen LogP contribution is -1.81. The van der Waals surface area contributed by atoms with Crippen molar-refractivity contribution in [3.8, 4) is 11.5 Å². The van der Waals surface area contributed by atoms with Crippen LogP contribution < -0.4 is 0 Å². The molecule has 0 fully saturated rings. The third-order valence-corrected chi connectivity index (χ3v) is 3.35. The molecule has 3 rings (SSSR count). The second-order valence-electron chi connectivity index (χ2n) is 4.09. The van der Waals surface area contributed by atoms with Crippen LogP contribution in [-0.4, -0.2) is 4.98 Å². The first-order valence-corrected chi connectivity index (χ1v) is 6.22. The second kappa shape index (κ2) is 4.30. The van der Waals surface area contributed by atoms with Crippen LogP contribution in [0.1, 0.15) is 5.56 Å². The molecule has 0 aliphatic rings. The van der Waals surface area contributed by atoms with Crippen LogP contribution >= 0.6 is 23.2 Å². The van der Waals surface area contributed by atoms with Gasteiger partial charge in [0, 0.05) is 0 Å². The van der Waals surface area contributed by atoms with Crippen LogP contribution in [0.4, 0.5) is 0 Å². The highest BCUT2D eigenvalue weighted by molar-refractivity contribution is 6.38. The number of fused-ring (bicyclic) bond motifs is 1. The van der Waals surface area contributed by atoms with Crippen LogP contribution in [0.2, 0.25) is 10.0 Å². The van der Waals surface area contributed by atoms with Crippen molar-refractivity contribution >= 4 is 34.3 Å². The normalized spacial score (nSPS) is 11.1. The Balaban J connectivity index is 2.26. The Morgan fingerprint density at radius 3 is 2.50 bits per heavy atom. The van der Waals surface area contributed by atoms with E-state index < -0.39 is 0 Å². The summed E-state index contributed by atoms with van der Waals surface area (Å²) in [6.45, 7) is 2.01. The lowest BCUT2D eigenvalue weighted by molar-refractivity contribution is 0.620. The molecule has 2 aromatic carbocycles. The van der Waals surface area contributed by atoms with Gasteiger partial charge in [-0.1, -0.05) is 35.3 Å². The summed E-state index contributed by atoms with van der Waals surface area (Å²) < 4.78 is 5.69. The molecule has 18 heavy (non-hydrogen) atoms. The Bertz CT molecular complexity index is 713. The van der Waals surface area contributed by atoms with Crippen LogP contribution in [0, 0.1) is 6.92 Å². The van der Waals surface area contributed by atoms with Crippen LogP contribution in [0.3, 0.4) is 0 Å². The van der Waals surface area contributed by atoms with E-state index in [4.69, 9.17) is 27.6 Å². The molecule has 0 unspecified atom stereocenters. The van der Waals surface area contributed by atoms with E-state index in [1.807, 2.05) is 25.1 Å². The zero-order valence-corrected chi connectivity index (χ0v) is 11.1. The van der Waals surface area contributed by atoms with Crippen molar-refractivity contribution < 1.29 is 4.42 Å². The first-order chi connectivity index (χ1) is 8.65. The number of nitrogens with zero attached hydrogens (tertiary/aromatic N) is 1. The first-order valence-electron chi connectivity index (χ1n) is 5.47. The standard InChI is InChI=1S/C14H9Cl2NO/c1-8-5-6-12-11(7-8)17-14(18-12)13-9(15)3-2-4-10(13)16/h2-7H,1H3. The second-order valence-corrected chi connectivity index (χ2v) is 4.90. The maximum absolute atomic E-state index is 6.14. The predicted octanol–water partition coefficient (Wildman–Crippen LogP) is 5.11. The van der Waals surface area contributed by atoms with Crippen LogP contribution in [0.15, 0.2) is 40.8 Å². The smallest absolute Gasteiger partial charge is 0.230 e. The van der Waals surface area contributed by atoms with E-state index in [2.05, 4.69) is 4.98 Å². The molecule has 0 spiro atoms. The van der Waals surface area contributed by atoms with Gasteiger partial charge >= 0.3 is 0 Å². The number of rotatable bonds is 1. The molecule has 1 heterocycles. The quantitative estimate of drug-likeness (QED) is 0.618. The van der Waals surface area contributed by atoms with Gasteiger partial charge in [0.25, 0.3) is 0 Å². The molecule has 0 saturated heterocycles. The largest absolute Gasteiger partial charge is 0.436 e. The maximum atomic E-state index is 6.14. The number of aromatic nitrogens is 1. The molecule has 0 bridgehead atoms. The van der Waals surface area contributed by atoms with Crippen LogP contribution in [-0.2, 0) is 0 Å². The number of hydrogen-bond donors (Lipinski definition) is 0. The average Bonchev–Trinajstić information content (AvgIpc) is 2.71. The Hall–Kier alpha value is -1.51. The highest BCUT2D eigenvalue weighted by Gasteiger charge is 2.14. The van der Waals surface area contributed by atoms with Crippen molar-refractivity contribution in [2.45, 2.75) is 6.92 Å². The van der Waals surface area contributed by atoms with E-state index in [1.54, 1.807) is 18.2 Å². The van der Waals surface area contributed by atoms with Gasteiger partial charge in [0.1, 0.15) is 5.52 Å². The molecule has 90 valence electrons. The molecule has 0 amide bonds. The Labute approximate surface area is 114 Å². The van der Waals surface area contributed by atoms with E-state index >= 15 is 0 Å². The number of oxazole rings is 1. The van der Waals surface area contributed by atoms with Crippen molar-refractivity contribution in [3.05, 3.63) is 52.0 Å². The topological polar surface area (TPSA) is 26.0 Å². The molecule has 0 aliphatic carbocycles. The summed E-state index contributed by atoms with van der Waals surface area (Å²) in [6, 6.07) is 11.2. The maximum Gasteiger partial charge on any atom is 0.230 e. The Kier molecular flexibility index (Phi) is 2.77. The monoisotopic (exact) mass is 277 g/mol. The SMILES string of the molecule is Cc1ccc2oc(-c3c(Cl)cccc3Cl)nc2c1. The van der Waals surface area contributed by atoms with Crippen molar-refractivity contribution in [1.29, 1.82) is 0 Å². The van der Waals surface area contributed by atoms with E-state index in [0.29, 0.717) is 21.5 Å². The summed E-state index contributed by atoms with van der Waals surface area (Å²) in [5.41, 5.74) is 3.30. The molecule has 0 aliphatic heterocycles. The van der Waals surface area contributed by atoms with Gasteiger partial charge in [-0.05, 0) is 36.8 Å². The van der Waals surface area contributed by atoms with Crippen molar-refractivity contribution in [3.63, 3.8) is 0 Å². The molecule has 0 saturated carbocycles. The molecular weight excluding hydrogens is 269 g/mol. The van der Waals surface area contributed by atoms with Crippen LogP contribution in [0.5, 0.6) is 0 Å². The number of aryl methyl sites for hydroxylation is 1. The Morgan fingerprint density at radius 1 is 1.06 bits per heavy atom. The van der Waals surface area contributed by atoms with Gasteiger partial charge < -0.3 is 4.42 Å². The van der Waals surface area contributed by atoms with Gasteiger partial charge in [0.15, 0.2) is 5.58 Å². The number of halogens is 2. The molecule has 0 atom stereocenters. The van der Waals surface area contributed by atoms with Gasteiger partial charge in [0.05, 0.1) is 15.6 Å². The average molecular weight is 278 g/mol. The lowest BCUT2D eigenvalue weighted by Gasteiger charge is -2.01. The summed E-state index contributed by atoms with van der Waals surface area (Å²) in [7, 11) is 0. The fourth-order valence-corrected chi connectivity index (χ4v) is 2.41. The van der Waals surface area contributed by atoms with Gasteiger partial charge in [-0.2, -0.15) is 0 Å². The minimum Gasteiger partial charge on any atom is -0.436 e. The highest BCUT2D eigenvalue weighted by Crippen LogP contribution is 2.35.